The summed E-state index contributed by atoms with van der Waals surface area (Å²) in [6.07, 6.45) is 2.32. The van der Waals surface area contributed by atoms with E-state index in [1.807, 2.05) is 11.4 Å². The maximum atomic E-state index is 11.5. The molecular formula is C11H15BrN2O2S. The van der Waals surface area contributed by atoms with Crippen LogP contribution in [0.25, 0.3) is 0 Å². The van der Waals surface area contributed by atoms with Crippen molar-refractivity contribution in [3.63, 3.8) is 0 Å². The van der Waals surface area contributed by atoms with E-state index in [1.54, 1.807) is 11.3 Å². The van der Waals surface area contributed by atoms with Gasteiger partial charge in [0.15, 0.2) is 0 Å². The molecular weight excluding hydrogens is 304 g/mol. The fourth-order valence-electron chi connectivity index (χ4n) is 1.69. The van der Waals surface area contributed by atoms with E-state index in [2.05, 4.69) is 26.6 Å². The number of thiophene rings is 1. The van der Waals surface area contributed by atoms with Gasteiger partial charge in [0.2, 0.25) is 0 Å². The van der Waals surface area contributed by atoms with Gasteiger partial charge in [0.1, 0.15) is 0 Å². The van der Waals surface area contributed by atoms with Gasteiger partial charge in [-0.05, 0) is 40.2 Å². The predicted molar refractivity (Wildman–Crippen MR) is 71.2 cm³/mol. The number of rotatable bonds is 4. The highest BCUT2D eigenvalue weighted by atomic mass is 79.9. The maximum absolute atomic E-state index is 11.5. The monoisotopic (exact) mass is 318 g/mol. The summed E-state index contributed by atoms with van der Waals surface area (Å²) in [6.45, 7) is 1.96. The smallest absolute Gasteiger partial charge is 0.315 e. The zero-order valence-corrected chi connectivity index (χ0v) is 11.8. The van der Waals surface area contributed by atoms with E-state index in [0.717, 1.165) is 28.8 Å². The van der Waals surface area contributed by atoms with Crippen molar-refractivity contribution in [3.05, 3.63) is 20.8 Å². The summed E-state index contributed by atoms with van der Waals surface area (Å²) in [5.74, 6) is 0. The van der Waals surface area contributed by atoms with Crippen LogP contribution in [0.3, 0.4) is 0 Å². The summed E-state index contributed by atoms with van der Waals surface area (Å²) in [5, 5.41) is 7.64. The Morgan fingerprint density at radius 1 is 1.59 bits per heavy atom. The molecule has 0 aliphatic carbocycles. The van der Waals surface area contributed by atoms with Crippen molar-refractivity contribution < 1.29 is 9.53 Å². The molecule has 1 fully saturated rings. The van der Waals surface area contributed by atoms with Gasteiger partial charge < -0.3 is 15.4 Å². The van der Waals surface area contributed by atoms with Crippen LogP contribution in [0.15, 0.2) is 15.9 Å². The molecule has 0 saturated carbocycles. The van der Waals surface area contributed by atoms with Crippen LogP contribution >= 0.6 is 27.3 Å². The van der Waals surface area contributed by atoms with E-state index in [9.17, 15) is 4.79 Å². The summed E-state index contributed by atoms with van der Waals surface area (Å²) in [6, 6.07) is 1.84. The van der Waals surface area contributed by atoms with Gasteiger partial charge in [0.25, 0.3) is 0 Å². The van der Waals surface area contributed by atoms with Crippen molar-refractivity contribution in [1.82, 2.24) is 10.6 Å². The highest BCUT2D eigenvalue weighted by Crippen LogP contribution is 2.22. The van der Waals surface area contributed by atoms with E-state index in [1.165, 1.54) is 0 Å². The van der Waals surface area contributed by atoms with Gasteiger partial charge in [-0.15, -0.1) is 11.3 Å². The lowest BCUT2D eigenvalue weighted by molar-refractivity contribution is 0.111. The molecule has 4 nitrogen and oxygen atoms in total. The van der Waals surface area contributed by atoms with Gasteiger partial charge >= 0.3 is 6.03 Å². The summed E-state index contributed by atoms with van der Waals surface area (Å²) in [4.78, 5) is 12.6. The number of carbonyl (C=O) groups is 1. The van der Waals surface area contributed by atoms with Crippen LogP contribution in [-0.2, 0) is 11.3 Å². The number of halogens is 1. The van der Waals surface area contributed by atoms with E-state index in [-0.39, 0.29) is 12.1 Å². The Hall–Kier alpha value is -0.590. The van der Waals surface area contributed by atoms with Crippen LogP contribution in [0, 0.1) is 0 Å². The first-order valence-electron chi connectivity index (χ1n) is 5.61. The van der Waals surface area contributed by atoms with Crippen molar-refractivity contribution in [3.8, 4) is 0 Å². The van der Waals surface area contributed by atoms with E-state index in [0.29, 0.717) is 13.1 Å². The first kappa shape index (κ1) is 12.9. The average molecular weight is 319 g/mol. The van der Waals surface area contributed by atoms with Crippen molar-refractivity contribution >= 4 is 33.3 Å². The van der Waals surface area contributed by atoms with Crippen molar-refractivity contribution in [2.24, 2.45) is 0 Å². The molecule has 2 heterocycles. The van der Waals surface area contributed by atoms with Gasteiger partial charge in [-0.25, -0.2) is 4.79 Å². The standard InChI is InChI=1S/C11H15BrN2O2S/c12-9-3-5-17-10(9)7-14-11(15)13-6-8-2-1-4-16-8/h3,5,8H,1-2,4,6-7H2,(H2,13,14,15). The minimum Gasteiger partial charge on any atom is -0.376 e. The molecule has 1 unspecified atom stereocenters. The zero-order valence-electron chi connectivity index (χ0n) is 9.37. The summed E-state index contributed by atoms with van der Waals surface area (Å²) in [7, 11) is 0. The van der Waals surface area contributed by atoms with Crippen LogP contribution in [0.5, 0.6) is 0 Å². The Labute approximate surface area is 113 Å². The highest BCUT2D eigenvalue weighted by Gasteiger charge is 2.15. The van der Waals surface area contributed by atoms with Gasteiger partial charge in [-0.1, -0.05) is 0 Å². The van der Waals surface area contributed by atoms with E-state index < -0.39 is 0 Å². The topological polar surface area (TPSA) is 50.4 Å². The molecule has 1 saturated heterocycles. The Bertz CT molecular complexity index is 377. The van der Waals surface area contributed by atoms with Crippen molar-refractivity contribution in [2.75, 3.05) is 13.2 Å². The fraction of sp³-hybridized carbons (Fsp3) is 0.545. The Morgan fingerprint density at radius 2 is 2.47 bits per heavy atom. The van der Waals surface area contributed by atoms with Crippen LogP contribution in [0.1, 0.15) is 17.7 Å². The Balaban J connectivity index is 1.65. The molecule has 1 aromatic rings. The number of nitrogens with one attached hydrogen (secondary N) is 2. The van der Waals surface area contributed by atoms with Gasteiger partial charge in [-0.3, -0.25) is 0 Å². The van der Waals surface area contributed by atoms with Crippen LogP contribution in [0.2, 0.25) is 0 Å². The first-order valence-corrected chi connectivity index (χ1v) is 7.28. The molecule has 94 valence electrons. The molecule has 2 amide bonds. The molecule has 2 rings (SSSR count). The molecule has 0 radical (unpaired) electrons. The summed E-state index contributed by atoms with van der Waals surface area (Å²) < 4.78 is 6.47. The van der Waals surface area contributed by atoms with Gasteiger partial charge in [0, 0.05) is 22.5 Å². The molecule has 0 bridgehead atoms. The average Bonchev–Trinajstić information content (AvgIpc) is 2.95. The van der Waals surface area contributed by atoms with E-state index in [4.69, 9.17) is 4.74 Å². The normalized spacial score (nSPS) is 19.2. The lowest BCUT2D eigenvalue weighted by Gasteiger charge is -2.11. The molecule has 1 aliphatic heterocycles. The number of hydrogen-bond donors (Lipinski definition) is 2. The maximum Gasteiger partial charge on any atom is 0.315 e. The first-order chi connectivity index (χ1) is 8.25. The number of carbonyl (C=O) groups excluding carboxylic acids is 1. The number of ether oxygens (including phenoxy) is 1. The quantitative estimate of drug-likeness (QED) is 0.896. The van der Waals surface area contributed by atoms with Gasteiger partial charge in [-0.2, -0.15) is 0 Å². The zero-order chi connectivity index (χ0) is 12.1. The van der Waals surface area contributed by atoms with Crippen molar-refractivity contribution in [1.29, 1.82) is 0 Å². The molecule has 1 aromatic heterocycles. The molecule has 0 aromatic carbocycles. The number of urea groups is 1. The second-order valence-electron chi connectivity index (χ2n) is 3.89. The minimum atomic E-state index is -0.138. The van der Waals surface area contributed by atoms with Crippen LogP contribution in [-0.4, -0.2) is 25.3 Å². The van der Waals surface area contributed by atoms with Crippen LogP contribution in [0.4, 0.5) is 4.79 Å². The molecule has 6 heteroatoms. The molecule has 1 aliphatic rings. The van der Waals surface area contributed by atoms with E-state index >= 15 is 0 Å². The largest absolute Gasteiger partial charge is 0.376 e. The fourth-order valence-corrected chi connectivity index (χ4v) is 3.12. The second-order valence-corrected chi connectivity index (χ2v) is 5.75. The summed E-state index contributed by atoms with van der Waals surface area (Å²) >= 11 is 5.05. The molecule has 2 N–H and O–H groups in total. The Morgan fingerprint density at radius 3 is 3.12 bits per heavy atom. The third kappa shape index (κ3) is 3.97. The third-order valence-corrected chi connectivity index (χ3v) is 4.54. The number of hydrogen-bond acceptors (Lipinski definition) is 3. The predicted octanol–water partition coefficient (Wildman–Crippen LogP) is 2.49. The van der Waals surface area contributed by atoms with Gasteiger partial charge in [0.05, 0.1) is 12.6 Å². The highest BCUT2D eigenvalue weighted by molar-refractivity contribution is 9.10. The molecule has 0 spiro atoms. The van der Waals surface area contributed by atoms with Crippen molar-refractivity contribution in [2.45, 2.75) is 25.5 Å². The van der Waals surface area contributed by atoms with Crippen LogP contribution < -0.4 is 10.6 Å². The third-order valence-electron chi connectivity index (χ3n) is 2.61. The lowest BCUT2D eigenvalue weighted by Crippen LogP contribution is -2.39. The Kier molecular flexibility index (Phi) is 4.82. The lowest BCUT2D eigenvalue weighted by atomic mass is 10.2. The molecule has 17 heavy (non-hydrogen) atoms. The minimum absolute atomic E-state index is 0.138. The SMILES string of the molecule is O=C(NCc1sccc1Br)NCC1CCCO1. The second kappa shape index (κ2) is 6.37. The number of amides is 2. The molecule has 1 atom stereocenters. The summed E-state index contributed by atoms with van der Waals surface area (Å²) in [5.41, 5.74) is 0.